The van der Waals surface area contributed by atoms with Crippen molar-refractivity contribution in [1.29, 1.82) is 0 Å². The molecule has 8 nitrogen and oxygen atoms in total. The average Bonchev–Trinajstić information content (AvgIpc) is 2.78. The van der Waals surface area contributed by atoms with Crippen LogP contribution in [-0.4, -0.2) is 46.6 Å². The Morgan fingerprint density at radius 1 is 1.42 bits per heavy atom. The van der Waals surface area contributed by atoms with E-state index in [-0.39, 0.29) is 30.6 Å². The van der Waals surface area contributed by atoms with Crippen molar-refractivity contribution < 1.29 is 10.2 Å². The van der Waals surface area contributed by atoms with Gasteiger partial charge in [-0.1, -0.05) is 0 Å². The highest BCUT2D eigenvalue weighted by atomic mass is 16.3. The van der Waals surface area contributed by atoms with Crippen LogP contribution in [0.25, 0.3) is 0 Å². The van der Waals surface area contributed by atoms with Gasteiger partial charge in [-0.2, -0.15) is 4.98 Å². The van der Waals surface area contributed by atoms with Crippen molar-refractivity contribution in [3.05, 3.63) is 10.4 Å². The number of hydrogen-bond acceptors (Lipinski definition) is 7. The first-order valence-electron chi connectivity index (χ1n) is 6.26. The second-order valence-electron chi connectivity index (χ2n) is 4.60. The highest BCUT2D eigenvalue weighted by molar-refractivity contribution is 5.70. The number of aliphatic hydroxyl groups excluding tert-OH is 2. The Morgan fingerprint density at radius 3 is 2.89 bits per heavy atom. The van der Waals surface area contributed by atoms with Gasteiger partial charge in [-0.05, 0) is 18.8 Å². The summed E-state index contributed by atoms with van der Waals surface area (Å²) in [5.41, 5.74) is 5.68. The van der Waals surface area contributed by atoms with Crippen LogP contribution in [-0.2, 0) is 0 Å². The highest BCUT2D eigenvalue weighted by Crippen LogP contribution is 2.26. The Kier molecular flexibility index (Phi) is 4.23. The van der Waals surface area contributed by atoms with Gasteiger partial charge in [0.25, 0.3) is 5.56 Å². The van der Waals surface area contributed by atoms with E-state index < -0.39 is 0 Å². The monoisotopic (exact) mass is 269 g/mol. The third-order valence-electron chi connectivity index (χ3n) is 3.27. The Balaban J connectivity index is 2.04. The molecule has 0 radical (unpaired) electrons. The number of aliphatic hydroxyl groups is 2. The first-order valence-corrected chi connectivity index (χ1v) is 6.26. The molecule has 8 heteroatoms. The maximum Gasteiger partial charge on any atom is 0.277 e. The summed E-state index contributed by atoms with van der Waals surface area (Å²) in [5, 5.41) is 21.0. The largest absolute Gasteiger partial charge is 0.396 e. The summed E-state index contributed by atoms with van der Waals surface area (Å²) in [6.07, 6.45) is 1.28. The molecular formula is C11H19N5O3. The number of anilines is 3. The Labute approximate surface area is 110 Å². The van der Waals surface area contributed by atoms with Gasteiger partial charge in [0.15, 0.2) is 5.82 Å². The molecule has 0 fully saturated rings. The normalized spacial score (nSPS) is 15.2. The fourth-order valence-electron chi connectivity index (χ4n) is 2.15. The maximum absolute atomic E-state index is 11.6. The molecule has 106 valence electrons. The first kappa shape index (κ1) is 13.6. The lowest BCUT2D eigenvalue weighted by atomic mass is 10.0. The molecule has 0 saturated carbocycles. The van der Waals surface area contributed by atoms with E-state index in [2.05, 4.69) is 15.3 Å². The molecule has 0 aromatic carbocycles. The summed E-state index contributed by atoms with van der Waals surface area (Å²) < 4.78 is 0. The van der Waals surface area contributed by atoms with Crippen LogP contribution in [0, 0.1) is 5.92 Å². The van der Waals surface area contributed by atoms with Gasteiger partial charge in [-0.15, -0.1) is 0 Å². The molecule has 0 amide bonds. The Bertz CT molecular complexity index is 490. The minimum Gasteiger partial charge on any atom is -0.396 e. The summed E-state index contributed by atoms with van der Waals surface area (Å²) >= 11 is 0. The third kappa shape index (κ3) is 2.96. The van der Waals surface area contributed by atoms with Crippen LogP contribution >= 0.6 is 0 Å². The molecule has 1 unspecified atom stereocenters. The fourth-order valence-corrected chi connectivity index (χ4v) is 2.15. The molecule has 1 aliphatic heterocycles. The third-order valence-corrected chi connectivity index (χ3v) is 3.27. The molecule has 2 heterocycles. The molecule has 1 aromatic rings. The smallest absolute Gasteiger partial charge is 0.277 e. The van der Waals surface area contributed by atoms with Crippen LogP contribution in [0.4, 0.5) is 17.5 Å². The van der Waals surface area contributed by atoms with Gasteiger partial charge < -0.3 is 26.2 Å². The summed E-state index contributed by atoms with van der Waals surface area (Å²) in [6.45, 7) is 1.23. The van der Waals surface area contributed by atoms with Gasteiger partial charge in [0.05, 0.1) is 6.67 Å². The van der Waals surface area contributed by atoms with Gasteiger partial charge >= 0.3 is 0 Å². The van der Waals surface area contributed by atoms with Crippen LogP contribution in [0.5, 0.6) is 0 Å². The van der Waals surface area contributed by atoms with E-state index in [1.165, 1.54) is 0 Å². The van der Waals surface area contributed by atoms with E-state index in [0.29, 0.717) is 37.6 Å². The van der Waals surface area contributed by atoms with Crippen molar-refractivity contribution in [3.8, 4) is 0 Å². The van der Waals surface area contributed by atoms with Gasteiger partial charge in [0.1, 0.15) is 5.69 Å². The summed E-state index contributed by atoms with van der Waals surface area (Å²) in [5.74, 6) is 0.682. The maximum atomic E-state index is 11.6. The summed E-state index contributed by atoms with van der Waals surface area (Å²) in [6, 6.07) is 0. The second-order valence-corrected chi connectivity index (χ2v) is 4.60. The average molecular weight is 269 g/mol. The van der Waals surface area contributed by atoms with E-state index >= 15 is 0 Å². The highest BCUT2D eigenvalue weighted by Gasteiger charge is 2.24. The molecule has 19 heavy (non-hydrogen) atoms. The van der Waals surface area contributed by atoms with Crippen LogP contribution in [0.15, 0.2) is 4.79 Å². The summed E-state index contributed by atoms with van der Waals surface area (Å²) in [7, 11) is 0. The molecule has 0 saturated heterocycles. The number of rotatable bonds is 6. The van der Waals surface area contributed by atoms with Crippen molar-refractivity contribution in [2.75, 3.05) is 42.4 Å². The number of hydrogen-bond donors (Lipinski definition) is 5. The topological polar surface area (TPSA) is 128 Å². The number of nitrogens with zero attached hydrogens (tertiary/aromatic N) is 2. The predicted molar refractivity (Wildman–Crippen MR) is 72.0 cm³/mol. The zero-order chi connectivity index (χ0) is 13.8. The van der Waals surface area contributed by atoms with Crippen LogP contribution in [0.2, 0.25) is 0 Å². The molecule has 6 N–H and O–H groups in total. The molecule has 0 spiro atoms. The van der Waals surface area contributed by atoms with Crippen LogP contribution in [0.1, 0.15) is 12.8 Å². The molecule has 0 bridgehead atoms. The number of aromatic amines is 1. The number of nitrogens with one attached hydrogen (secondary N) is 2. The van der Waals surface area contributed by atoms with E-state index in [4.69, 9.17) is 10.8 Å². The molecule has 1 atom stereocenters. The van der Waals surface area contributed by atoms with E-state index in [1.54, 1.807) is 0 Å². The first-order chi connectivity index (χ1) is 9.15. The number of nitrogens with two attached hydrogens (primary N) is 1. The SMILES string of the molecule is Nc1nc2c(c(=O)[nH]1)NCN2CCC(CO)CCO. The number of nitrogen functional groups attached to an aromatic ring is 1. The van der Waals surface area contributed by atoms with Crippen molar-refractivity contribution in [1.82, 2.24) is 9.97 Å². The van der Waals surface area contributed by atoms with E-state index in [1.807, 2.05) is 4.90 Å². The number of fused-ring (bicyclic) bond motifs is 1. The second kappa shape index (κ2) is 5.89. The number of H-pyrrole nitrogens is 1. The van der Waals surface area contributed by atoms with Gasteiger partial charge in [0, 0.05) is 19.8 Å². The molecule has 1 aromatic heterocycles. The fraction of sp³-hybridized carbons (Fsp3) is 0.636. The minimum absolute atomic E-state index is 0.0413. The van der Waals surface area contributed by atoms with Crippen LogP contribution < -0.4 is 21.5 Å². The zero-order valence-corrected chi connectivity index (χ0v) is 10.6. The van der Waals surface area contributed by atoms with Gasteiger partial charge in [-0.25, -0.2) is 0 Å². The number of aromatic nitrogens is 2. The van der Waals surface area contributed by atoms with Crippen molar-refractivity contribution in [2.24, 2.45) is 5.92 Å². The minimum atomic E-state index is -0.279. The van der Waals surface area contributed by atoms with E-state index in [9.17, 15) is 9.90 Å². The predicted octanol–water partition coefficient (Wildman–Crippen LogP) is -1.08. The lowest BCUT2D eigenvalue weighted by molar-refractivity contribution is 0.178. The van der Waals surface area contributed by atoms with Crippen molar-refractivity contribution in [3.63, 3.8) is 0 Å². The van der Waals surface area contributed by atoms with Gasteiger partial charge in [0.2, 0.25) is 5.95 Å². The lowest BCUT2D eigenvalue weighted by Crippen LogP contribution is -2.27. The summed E-state index contributed by atoms with van der Waals surface area (Å²) in [4.78, 5) is 20.1. The quantitative estimate of drug-likeness (QED) is 0.444. The molecule has 0 aliphatic carbocycles. The Morgan fingerprint density at radius 2 is 2.21 bits per heavy atom. The van der Waals surface area contributed by atoms with Crippen molar-refractivity contribution >= 4 is 17.5 Å². The molecule has 1 aliphatic rings. The molecule has 2 rings (SSSR count). The standard InChI is InChI=1S/C11H19N5O3/c12-11-14-9-8(10(19)15-11)13-6-16(9)3-1-7(5-18)2-4-17/h7,13,17-18H,1-6H2,(H3,12,14,15,19). The molecular weight excluding hydrogens is 250 g/mol. The van der Waals surface area contributed by atoms with E-state index in [0.717, 1.165) is 0 Å². The van der Waals surface area contributed by atoms with Crippen molar-refractivity contribution in [2.45, 2.75) is 12.8 Å². The Hall–Kier alpha value is -1.80. The lowest BCUT2D eigenvalue weighted by Gasteiger charge is -2.20. The zero-order valence-electron chi connectivity index (χ0n) is 10.6. The van der Waals surface area contributed by atoms with Gasteiger partial charge in [-0.3, -0.25) is 9.78 Å². The van der Waals surface area contributed by atoms with Crippen LogP contribution in [0.3, 0.4) is 0 Å².